The SMILES string of the molecule is COc1ccc(CNC(=O)[C@H](NC(=O)C23CC4CC(CC(C4)C2)C3)C(C)C)cc1. The standard InChI is InChI=1S/C24H34N2O3/c1-15(2)21(22(27)25-14-16-4-6-20(29-3)7-5-16)26-23(28)24-11-17-8-18(12-24)10-19(9-17)13-24/h4-7,15,17-19,21H,8-14H2,1-3H3,(H,25,27)(H,26,28)/t17?,18?,19?,21-,24?/m1/s1. The van der Waals surface area contributed by atoms with Crippen LogP contribution in [0.2, 0.25) is 0 Å². The molecule has 5 nitrogen and oxygen atoms in total. The van der Waals surface area contributed by atoms with E-state index < -0.39 is 6.04 Å². The Bertz CT molecular complexity index is 721. The summed E-state index contributed by atoms with van der Waals surface area (Å²) >= 11 is 0. The maximum Gasteiger partial charge on any atom is 0.243 e. The van der Waals surface area contributed by atoms with Crippen LogP contribution in [0.4, 0.5) is 0 Å². The van der Waals surface area contributed by atoms with Crippen molar-refractivity contribution in [3.05, 3.63) is 29.8 Å². The number of nitrogens with one attached hydrogen (secondary N) is 2. The minimum Gasteiger partial charge on any atom is -0.497 e. The highest BCUT2D eigenvalue weighted by Crippen LogP contribution is 2.60. The average Bonchev–Trinajstić information content (AvgIpc) is 2.69. The molecule has 0 aliphatic heterocycles. The summed E-state index contributed by atoms with van der Waals surface area (Å²) in [6.07, 6.45) is 6.98. The van der Waals surface area contributed by atoms with Gasteiger partial charge >= 0.3 is 0 Å². The third-order valence-electron chi connectivity index (χ3n) is 7.38. The Kier molecular flexibility index (Phi) is 5.58. The van der Waals surface area contributed by atoms with E-state index in [1.807, 2.05) is 38.1 Å². The van der Waals surface area contributed by atoms with E-state index in [-0.39, 0.29) is 23.1 Å². The number of carbonyl (C=O) groups excluding carboxylic acids is 2. The molecule has 0 spiro atoms. The number of ether oxygens (including phenoxy) is 1. The molecule has 4 fully saturated rings. The Morgan fingerprint density at radius 3 is 2.07 bits per heavy atom. The number of benzene rings is 1. The molecular formula is C24H34N2O3. The molecule has 5 rings (SSSR count). The van der Waals surface area contributed by atoms with Crippen molar-refractivity contribution in [2.24, 2.45) is 29.1 Å². The first-order chi connectivity index (χ1) is 13.9. The third kappa shape index (κ3) is 4.15. The highest BCUT2D eigenvalue weighted by Gasteiger charge is 2.55. The van der Waals surface area contributed by atoms with Gasteiger partial charge in [0.05, 0.1) is 7.11 Å². The van der Waals surface area contributed by atoms with Crippen molar-refractivity contribution < 1.29 is 14.3 Å². The van der Waals surface area contributed by atoms with E-state index in [1.165, 1.54) is 19.3 Å². The van der Waals surface area contributed by atoms with Gasteiger partial charge in [-0.3, -0.25) is 9.59 Å². The van der Waals surface area contributed by atoms with Crippen molar-refractivity contribution in [3.8, 4) is 5.75 Å². The summed E-state index contributed by atoms with van der Waals surface area (Å²) in [5.41, 5.74) is 0.784. The number of hydrogen-bond acceptors (Lipinski definition) is 3. The van der Waals surface area contributed by atoms with E-state index in [2.05, 4.69) is 10.6 Å². The van der Waals surface area contributed by atoms with Crippen molar-refractivity contribution in [1.82, 2.24) is 10.6 Å². The number of methoxy groups -OCH3 is 1. The summed E-state index contributed by atoms with van der Waals surface area (Å²) < 4.78 is 5.17. The van der Waals surface area contributed by atoms with Crippen LogP contribution in [0.1, 0.15) is 57.9 Å². The van der Waals surface area contributed by atoms with Gasteiger partial charge < -0.3 is 15.4 Å². The predicted molar refractivity (Wildman–Crippen MR) is 112 cm³/mol. The van der Waals surface area contributed by atoms with Gasteiger partial charge in [-0.15, -0.1) is 0 Å². The highest BCUT2D eigenvalue weighted by atomic mass is 16.5. The quantitative estimate of drug-likeness (QED) is 0.736. The van der Waals surface area contributed by atoms with Crippen LogP contribution in [0.3, 0.4) is 0 Å². The molecule has 29 heavy (non-hydrogen) atoms. The number of hydrogen-bond donors (Lipinski definition) is 2. The fourth-order valence-corrected chi connectivity index (χ4v) is 6.26. The van der Waals surface area contributed by atoms with Crippen LogP contribution in [0.15, 0.2) is 24.3 Å². The van der Waals surface area contributed by atoms with E-state index >= 15 is 0 Å². The van der Waals surface area contributed by atoms with Gasteiger partial charge in [0.1, 0.15) is 11.8 Å². The zero-order chi connectivity index (χ0) is 20.6. The summed E-state index contributed by atoms with van der Waals surface area (Å²) in [6.45, 7) is 4.44. The second-order valence-corrected chi connectivity index (χ2v) is 9.96. The number of carbonyl (C=O) groups is 2. The second-order valence-electron chi connectivity index (χ2n) is 9.96. The minimum absolute atomic E-state index is 0.0451. The van der Waals surface area contributed by atoms with Crippen LogP contribution >= 0.6 is 0 Å². The van der Waals surface area contributed by atoms with E-state index in [1.54, 1.807) is 7.11 Å². The summed E-state index contributed by atoms with van der Waals surface area (Å²) in [5.74, 6) is 3.01. The Balaban J connectivity index is 1.38. The molecule has 0 heterocycles. The zero-order valence-corrected chi connectivity index (χ0v) is 17.9. The molecule has 0 saturated heterocycles. The molecule has 4 bridgehead atoms. The van der Waals surface area contributed by atoms with Crippen molar-refractivity contribution in [2.75, 3.05) is 7.11 Å². The monoisotopic (exact) mass is 398 g/mol. The molecule has 1 aromatic carbocycles. The van der Waals surface area contributed by atoms with Gasteiger partial charge in [0, 0.05) is 12.0 Å². The van der Waals surface area contributed by atoms with E-state index in [4.69, 9.17) is 4.74 Å². The van der Waals surface area contributed by atoms with Crippen LogP contribution in [-0.2, 0) is 16.1 Å². The minimum atomic E-state index is -0.492. The fourth-order valence-electron chi connectivity index (χ4n) is 6.26. The summed E-state index contributed by atoms with van der Waals surface area (Å²) in [7, 11) is 1.64. The molecule has 5 heteroatoms. The molecule has 4 aliphatic carbocycles. The first-order valence-electron chi connectivity index (χ1n) is 11.1. The third-order valence-corrected chi connectivity index (χ3v) is 7.38. The van der Waals surface area contributed by atoms with Gasteiger partial charge in [0.25, 0.3) is 0 Å². The smallest absolute Gasteiger partial charge is 0.243 e. The van der Waals surface area contributed by atoms with Crippen LogP contribution in [-0.4, -0.2) is 25.0 Å². The molecule has 2 amide bonds. The first-order valence-corrected chi connectivity index (χ1v) is 11.1. The lowest BCUT2D eigenvalue weighted by molar-refractivity contribution is -0.149. The summed E-state index contributed by atoms with van der Waals surface area (Å²) in [4.78, 5) is 26.2. The Hall–Kier alpha value is -2.04. The molecule has 1 atom stereocenters. The largest absolute Gasteiger partial charge is 0.497 e. The van der Waals surface area contributed by atoms with Gasteiger partial charge in [0.2, 0.25) is 11.8 Å². The lowest BCUT2D eigenvalue weighted by Crippen LogP contribution is -2.58. The molecule has 1 aromatic rings. The molecule has 0 aromatic heterocycles. The van der Waals surface area contributed by atoms with Crippen molar-refractivity contribution >= 4 is 11.8 Å². The molecule has 0 unspecified atom stereocenters. The number of rotatable bonds is 7. The maximum atomic E-state index is 13.4. The second kappa shape index (κ2) is 8.00. The molecule has 4 aliphatic rings. The van der Waals surface area contributed by atoms with Crippen LogP contribution in [0.5, 0.6) is 5.75 Å². The van der Waals surface area contributed by atoms with Gasteiger partial charge in [-0.25, -0.2) is 0 Å². The fraction of sp³-hybridized carbons (Fsp3) is 0.667. The highest BCUT2D eigenvalue weighted by molar-refractivity contribution is 5.90. The molecule has 158 valence electrons. The van der Waals surface area contributed by atoms with Gasteiger partial charge in [-0.05, 0) is 79.9 Å². The molecule has 4 saturated carbocycles. The van der Waals surface area contributed by atoms with E-state index in [9.17, 15) is 9.59 Å². The molecule has 0 radical (unpaired) electrons. The molecule has 2 N–H and O–H groups in total. The van der Waals surface area contributed by atoms with Crippen molar-refractivity contribution in [1.29, 1.82) is 0 Å². The summed E-state index contributed by atoms with van der Waals surface area (Å²) in [6, 6.07) is 7.16. The average molecular weight is 399 g/mol. The van der Waals surface area contributed by atoms with Crippen LogP contribution < -0.4 is 15.4 Å². The lowest BCUT2D eigenvalue weighted by atomic mass is 9.49. The maximum absolute atomic E-state index is 13.4. The Labute approximate surface area is 174 Å². The van der Waals surface area contributed by atoms with Gasteiger partial charge in [-0.1, -0.05) is 26.0 Å². The number of amides is 2. The molecular weight excluding hydrogens is 364 g/mol. The van der Waals surface area contributed by atoms with E-state index in [0.717, 1.165) is 30.6 Å². The van der Waals surface area contributed by atoms with Crippen molar-refractivity contribution in [3.63, 3.8) is 0 Å². The first kappa shape index (κ1) is 20.2. The Morgan fingerprint density at radius 2 is 1.59 bits per heavy atom. The van der Waals surface area contributed by atoms with Gasteiger partial charge in [-0.2, -0.15) is 0 Å². The topological polar surface area (TPSA) is 67.4 Å². The van der Waals surface area contributed by atoms with Crippen LogP contribution in [0.25, 0.3) is 0 Å². The van der Waals surface area contributed by atoms with Crippen molar-refractivity contribution in [2.45, 2.75) is 65.0 Å². The lowest BCUT2D eigenvalue weighted by Gasteiger charge is -2.55. The summed E-state index contributed by atoms with van der Waals surface area (Å²) in [5, 5.41) is 6.16. The zero-order valence-electron chi connectivity index (χ0n) is 17.9. The normalized spacial score (nSPS) is 30.8. The Morgan fingerprint density at radius 1 is 1.03 bits per heavy atom. The van der Waals surface area contributed by atoms with Crippen LogP contribution in [0, 0.1) is 29.1 Å². The predicted octanol–water partition coefficient (Wildman–Crippen LogP) is 3.67. The van der Waals surface area contributed by atoms with E-state index in [0.29, 0.717) is 24.3 Å². The van der Waals surface area contributed by atoms with Gasteiger partial charge in [0.15, 0.2) is 0 Å².